The van der Waals surface area contributed by atoms with E-state index in [1.54, 1.807) is 33.9 Å². The molecule has 0 spiro atoms. The van der Waals surface area contributed by atoms with Gasteiger partial charge in [0.2, 0.25) is 11.8 Å². The fraction of sp³-hybridized carbons (Fsp3) is 0.478. The van der Waals surface area contributed by atoms with Crippen LogP contribution in [0.4, 0.5) is 4.79 Å². The maximum atomic E-state index is 13.3. The molecule has 1 aliphatic heterocycles. The summed E-state index contributed by atoms with van der Waals surface area (Å²) in [7, 11) is 0. The first-order chi connectivity index (χ1) is 15.5. The third-order valence-corrected chi connectivity index (χ3v) is 6.95. The van der Waals surface area contributed by atoms with Gasteiger partial charge in [0.15, 0.2) is 0 Å². The number of nitrogens with one attached hydrogen (secondary N) is 2. The molecule has 1 aromatic carbocycles. The number of likely N-dealkylation sites (tertiary alicyclic amines) is 1. The summed E-state index contributed by atoms with van der Waals surface area (Å²) >= 11 is 3.18. The number of thiazole rings is 1. The maximum absolute atomic E-state index is 13.3. The minimum Gasteiger partial charge on any atom is -0.391 e. The lowest BCUT2D eigenvalue weighted by Crippen LogP contribution is -2.57. The standard InChI is InChI=1S/C23H29IN4O4S/c1-13-18(33-12-26-13)15-7-5-14(6-8-15)10-25-20(30)17-9-16(29)11-28(17)21(31)19(23(2,3)4)27-22(24)32/h5-8,12,16-17,19,29H,9-11H2,1-4H3,(H,25,30)(H,27,32)/t16-,17+,19?/m1/s1. The highest BCUT2D eigenvalue weighted by Crippen LogP contribution is 2.28. The average molecular weight is 584 g/mol. The van der Waals surface area contributed by atoms with Crippen LogP contribution in [0, 0.1) is 12.3 Å². The summed E-state index contributed by atoms with van der Waals surface area (Å²) in [6, 6.07) is 6.31. The molecule has 1 aliphatic rings. The number of aromatic nitrogens is 1. The minimum atomic E-state index is -0.801. The number of aliphatic hydroxyl groups is 1. The van der Waals surface area contributed by atoms with Crippen molar-refractivity contribution in [3.8, 4) is 10.4 Å². The summed E-state index contributed by atoms with van der Waals surface area (Å²) < 4.78 is -0.349. The van der Waals surface area contributed by atoms with Gasteiger partial charge in [0.1, 0.15) is 12.1 Å². The zero-order valence-corrected chi connectivity index (χ0v) is 22.1. The number of hydrogen-bond donors (Lipinski definition) is 3. The molecule has 3 amide bonds. The van der Waals surface area contributed by atoms with E-state index in [-0.39, 0.29) is 28.7 Å². The molecule has 178 valence electrons. The van der Waals surface area contributed by atoms with Gasteiger partial charge in [-0.1, -0.05) is 45.0 Å². The Balaban J connectivity index is 1.67. The van der Waals surface area contributed by atoms with Gasteiger partial charge in [0.05, 0.1) is 22.2 Å². The molecule has 2 heterocycles. The van der Waals surface area contributed by atoms with E-state index in [2.05, 4.69) is 15.6 Å². The first-order valence-corrected chi connectivity index (χ1v) is 12.6. The highest BCUT2D eigenvalue weighted by molar-refractivity contribution is 14.1. The van der Waals surface area contributed by atoms with Crippen LogP contribution in [0.15, 0.2) is 29.8 Å². The second-order valence-corrected chi connectivity index (χ2v) is 11.1. The Morgan fingerprint density at radius 3 is 2.48 bits per heavy atom. The van der Waals surface area contributed by atoms with Gasteiger partial charge in [-0.15, -0.1) is 11.3 Å². The molecule has 1 fully saturated rings. The van der Waals surface area contributed by atoms with Gasteiger partial charge in [-0.3, -0.25) is 14.4 Å². The normalized spacial score (nSPS) is 19.3. The predicted octanol–water partition coefficient (Wildman–Crippen LogP) is 3.26. The molecule has 3 rings (SSSR count). The zero-order valence-electron chi connectivity index (χ0n) is 19.1. The van der Waals surface area contributed by atoms with E-state index in [0.717, 1.165) is 21.7 Å². The van der Waals surface area contributed by atoms with Crippen molar-refractivity contribution in [1.82, 2.24) is 20.5 Å². The third kappa shape index (κ3) is 6.30. The largest absolute Gasteiger partial charge is 0.391 e. The fourth-order valence-electron chi connectivity index (χ4n) is 3.89. The molecule has 0 saturated carbocycles. The van der Waals surface area contributed by atoms with Crippen molar-refractivity contribution >= 4 is 49.7 Å². The Hall–Kier alpha value is -2.05. The lowest BCUT2D eigenvalue weighted by molar-refractivity contribution is -0.141. The molecule has 2 aromatic rings. The number of β-amino-alcohol motifs (C(OH)–C–C–N with tert-alkyl or cyclic N) is 1. The van der Waals surface area contributed by atoms with Crippen LogP contribution < -0.4 is 10.6 Å². The number of nitrogens with zero attached hydrogens (tertiary/aromatic N) is 2. The van der Waals surface area contributed by atoms with Crippen molar-refractivity contribution in [2.75, 3.05) is 6.54 Å². The average Bonchev–Trinajstić information content (AvgIpc) is 3.35. The highest BCUT2D eigenvalue weighted by atomic mass is 127. The van der Waals surface area contributed by atoms with E-state index < -0.39 is 23.6 Å². The van der Waals surface area contributed by atoms with E-state index in [1.807, 2.05) is 57.5 Å². The van der Waals surface area contributed by atoms with Gasteiger partial charge in [-0.25, -0.2) is 4.98 Å². The topological polar surface area (TPSA) is 112 Å². The number of carbonyl (C=O) groups excluding carboxylic acids is 3. The van der Waals surface area contributed by atoms with Crippen LogP contribution in [0.2, 0.25) is 0 Å². The molecule has 3 atom stereocenters. The monoisotopic (exact) mass is 584 g/mol. The smallest absolute Gasteiger partial charge is 0.281 e. The summed E-state index contributed by atoms with van der Waals surface area (Å²) in [5, 5.41) is 15.8. The Morgan fingerprint density at radius 2 is 1.94 bits per heavy atom. The SMILES string of the molecule is Cc1ncsc1-c1ccc(CNC(=O)[C@@H]2C[C@@H](O)CN2C(=O)C(NC(=O)I)C(C)(C)C)cc1. The number of halogens is 1. The predicted molar refractivity (Wildman–Crippen MR) is 136 cm³/mol. The Morgan fingerprint density at radius 1 is 1.27 bits per heavy atom. The van der Waals surface area contributed by atoms with Crippen LogP contribution in [-0.2, 0) is 16.1 Å². The van der Waals surface area contributed by atoms with E-state index in [0.29, 0.717) is 6.54 Å². The van der Waals surface area contributed by atoms with Crippen LogP contribution in [-0.4, -0.2) is 55.5 Å². The van der Waals surface area contributed by atoms with Crippen LogP contribution >= 0.6 is 33.9 Å². The van der Waals surface area contributed by atoms with E-state index in [4.69, 9.17) is 0 Å². The molecule has 8 nitrogen and oxygen atoms in total. The molecule has 0 aliphatic carbocycles. The second kappa shape index (κ2) is 10.5. The van der Waals surface area contributed by atoms with Crippen molar-refractivity contribution in [3.63, 3.8) is 0 Å². The lowest BCUT2D eigenvalue weighted by Gasteiger charge is -2.34. The van der Waals surface area contributed by atoms with Crippen molar-refractivity contribution < 1.29 is 19.5 Å². The van der Waals surface area contributed by atoms with Crippen molar-refractivity contribution in [1.29, 1.82) is 0 Å². The molecular weight excluding hydrogens is 555 g/mol. The molecule has 1 unspecified atom stereocenters. The number of benzene rings is 1. The van der Waals surface area contributed by atoms with Crippen molar-refractivity contribution in [2.24, 2.45) is 5.41 Å². The van der Waals surface area contributed by atoms with Gasteiger partial charge < -0.3 is 20.6 Å². The van der Waals surface area contributed by atoms with Crippen LogP contribution in [0.3, 0.4) is 0 Å². The van der Waals surface area contributed by atoms with Gasteiger partial charge in [0, 0.05) is 42.1 Å². The summed E-state index contributed by atoms with van der Waals surface area (Å²) in [5.41, 5.74) is 4.25. The maximum Gasteiger partial charge on any atom is 0.281 e. The van der Waals surface area contributed by atoms with Crippen molar-refractivity contribution in [3.05, 3.63) is 41.0 Å². The van der Waals surface area contributed by atoms with Crippen LogP contribution in [0.5, 0.6) is 0 Å². The Bertz CT molecular complexity index is 1020. The molecular formula is C23H29IN4O4S. The quantitative estimate of drug-likeness (QED) is 0.274. The van der Waals surface area contributed by atoms with Crippen LogP contribution in [0.25, 0.3) is 10.4 Å². The molecule has 3 N–H and O–H groups in total. The molecule has 1 saturated heterocycles. The number of aryl methyl sites for hydroxylation is 1. The first-order valence-electron chi connectivity index (χ1n) is 10.7. The number of hydrogen-bond acceptors (Lipinski definition) is 6. The zero-order chi connectivity index (χ0) is 24.3. The Kier molecular flexibility index (Phi) is 8.12. The molecule has 33 heavy (non-hydrogen) atoms. The second-order valence-electron chi connectivity index (χ2n) is 9.29. The number of carbonyl (C=O) groups is 3. The summed E-state index contributed by atoms with van der Waals surface area (Å²) in [6.07, 6.45) is -0.626. The minimum absolute atomic E-state index is 0.0590. The molecule has 0 radical (unpaired) electrons. The number of aliphatic hydroxyl groups excluding tert-OH is 1. The van der Waals surface area contributed by atoms with E-state index in [1.165, 1.54) is 4.90 Å². The number of rotatable bonds is 6. The van der Waals surface area contributed by atoms with Crippen LogP contribution in [0.1, 0.15) is 38.4 Å². The van der Waals surface area contributed by atoms with Gasteiger partial charge in [0.25, 0.3) is 3.91 Å². The number of amides is 3. The van der Waals surface area contributed by atoms with E-state index in [9.17, 15) is 19.5 Å². The summed E-state index contributed by atoms with van der Waals surface area (Å²) in [6.45, 7) is 7.88. The fourth-order valence-corrected chi connectivity index (χ4v) is 5.02. The third-order valence-electron chi connectivity index (χ3n) is 5.66. The van der Waals surface area contributed by atoms with E-state index >= 15 is 0 Å². The Labute approximate surface area is 211 Å². The summed E-state index contributed by atoms with van der Waals surface area (Å²) in [5.74, 6) is -0.691. The molecule has 1 aromatic heterocycles. The van der Waals surface area contributed by atoms with Gasteiger partial charge in [-0.05, 0) is 23.5 Å². The summed E-state index contributed by atoms with van der Waals surface area (Å²) in [4.78, 5) is 44.6. The molecule has 10 heteroatoms. The van der Waals surface area contributed by atoms with Gasteiger partial charge >= 0.3 is 0 Å². The molecule has 0 bridgehead atoms. The van der Waals surface area contributed by atoms with Gasteiger partial charge in [-0.2, -0.15) is 0 Å². The van der Waals surface area contributed by atoms with Crippen molar-refractivity contribution in [2.45, 2.75) is 58.8 Å². The highest BCUT2D eigenvalue weighted by Gasteiger charge is 2.44. The first kappa shape index (κ1) is 25.6. The lowest BCUT2D eigenvalue weighted by atomic mass is 9.85.